The molecule has 0 aliphatic carbocycles. The average Bonchev–Trinajstić information content (AvgIpc) is 2.98. The van der Waals surface area contributed by atoms with Crippen LogP contribution in [0.1, 0.15) is 31.0 Å². The van der Waals surface area contributed by atoms with E-state index < -0.39 is 23.5 Å². The molecule has 1 aromatic carbocycles. The highest BCUT2D eigenvalue weighted by Crippen LogP contribution is 2.35. The third-order valence-electron chi connectivity index (χ3n) is 4.54. The Kier molecular flexibility index (Phi) is 4.30. The van der Waals surface area contributed by atoms with Crippen LogP contribution in [0.25, 0.3) is 5.69 Å². The van der Waals surface area contributed by atoms with E-state index in [1.165, 1.54) is 18.3 Å². The Balaban J connectivity index is 1.91. The van der Waals surface area contributed by atoms with Crippen LogP contribution in [-0.4, -0.2) is 44.0 Å². The zero-order valence-corrected chi connectivity index (χ0v) is 14.1. The first-order chi connectivity index (χ1) is 12.0. The molecule has 140 valence electrons. The van der Waals surface area contributed by atoms with Crippen molar-refractivity contribution in [2.75, 3.05) is 6.54 Å². The van der Waals surface area contributed by atoms with E-state index in [1.54, 1.807) is 23.7 Å². The number of benzene rings is 1. The Morgan fingerprint density at radius 1 is 1.27 bits per heavy atom. The summed E-state index contributed by atoms with van der Waals surface area (Å²) in [5.74, 6) is -2.11. The minimum absolute atomic E-state index is 0.00491. The normalized spacial score (nSPS) is 19.8. The highest BCUT2D eigenvalue weighted by atomic mass is 19.4. The molecular weight excluding hydrogens is 354 g/mol. The van der Waals surface area contributed by atoms with E-state index in [1.807, 2.05) is 0 Å². The summed E-state index contributed by atoms with van der Waals surface area (Å²) < 4.78 is 53.5. The Bertz CT molecular complexity index is 828. The number of rotatable bonds is 2. The maximum Gasteiger partial charge on any atom is 0.426 e. The van der Waals surface area contributed by atoms with Crippen molar-refractivity contribution in [1.82, 2.24) is 14.7 Å². The molecule has 1 aliphatic rings. The Morgan fingerprint density at radius 3 is 2.46 bits per heavy atom. The van der Waals surface area contributed by atoms with Crippen LogP contribution < -0.4 is 0 Å². The first-order valence-electron chi connectivity index (χ1n) is 7.93. The summed E-state index contributed by atoms with van der Waals surface area (Å²) in [5, 5.41) is 13.9. The molecule has 0 fully saturated rings. The number of alkyl halides is 3. The van der Waals surface area contributed by atoms with Gasteiger partial charge in [0.2, 0.25) is 5.60 Å². The van der Waals surface area contributed by atoms with Gasteiger partial charge < -0.3 is 10.0 Å². The van der Waals surface area contributed by atoms with Gasteiger partial charge >= 0.3 is 6.18 Å². The van der Waals surface area contributed by atoms with E-state index >= 15 is 0 Å². The minimum atomic E-state index is -5.06. The zero-order chi connectivity index (χ0) is 19.3. The molecule has 0 saturated carbocycles. The summed E-state index contributed by atoms with van der Waals surface area (Å²) in [5.41, 5.74) is -1.51. The van der Waals surface area contributed by atoms with Crippen LogP contribution in [0.5, 0.6) is 0 Å². The van der Waals surface area contributed by atoms with E-state index in [9.17, 15) is 27.5 Å². The second-order valence-electron chi connectivity index (χ2n) is 6.60. The van der Waals surface area contributed by atoms with Crippen LogP contribution in [0.4, 0.5) is 17.6 Å². The lowest BCUT2D eigenvalue weighted by atomic mass is 9.95. The number of fused-ring (bicyclic) bond motifs is 1. The monoisotopic (exact) mass is 371 g/mol. The fraction of sp³-hybridized carbons (Fsp3) is 0.412. The fourth-order valence-electron chi connectivity index (χ4n) is 3.10. The molecule has 2 heterocycles. The van der Waals surface area contributed by atoms with Crippen LogP contribution in [-0.2, 0) is 11.3 Å². The van der Waals surface area contributed by atoms with E-state index in [4.69, 9.17) is 0 Å². The Morgan fingerprint density at radius 2 is 1.88 bits per heavy atom. The molecule has 0 spiro atoms. The van der Waals surface area contributed by atoms with E-state index in [2.05, 4.69) is 5.10 Å². The van der Waals surface area contributed by atoms with Gasteiger partial charge in [0.15, 0.2) is 0 Å². The van der Waals surface area contributed by atoms with Gasteiger partial charge in [-0.2, -0.15) is 18.3 Å². The van der Waals surface area contributed by atoms with Crippen molar-refractivity contribution in [3.63, 3.8) is 0 Å². The lowest BCUT2D eigenvalue weighted by molar-refractivity contribution is -0.250. The van der Waals surface area contributed by atoms with Gasteiger partial charge in [-0.1, -0.05) is 6.92 Å². The molecule has 3 rings (SSSR count). The maximum absolute atomic E-state index is 13.1. The van der Waals surface area contributed by atoms with Crippen molar-refractivity contribution in [2.45, 2.75) is 38.1 Å². The number of halogens is 4. The molecule has 1 N–H and O–H groups in total. The van der Waals surface area contributed by atoms with Crippen LogP contribution in [0, 0.1) is 5.82 Å². The SMILES string of the molecule is C[C@H]1CN(C(=O)[C@@](C)(O)C(F)(F)F)Cc2cnn(-c3ccc(F)cc3)c21. The second kappa shape index (κ2) is 6.08. The van der Waals surface area contributed by atoms with Crippen molar-refractivity contribution in [3.05, 3.63) is 47.5 Å². The highest BCUT2D eigenvalue weighted by Gasteiger charge is 2.57. The van der Waals surface area contributed by atoms with Crippen LogP contribution >= 0.6 is 0 Å². The Labute approximate surface area is 146 Å². The highest BCUT2D eigenvalue weighted by molar-refractivity contribution is 5.85. The summed E-state index contributed by atoms with van der Waals surface area (Å²) in [6.45, 7) is 2.12. The van der Waals surface area contributed by atoms with Gasteiger partial charge in [0, 0.05) is 24.6 Å². The summed E-state index contributed by atoms with van der Waals surface area (Å²) in [6, 6.07) is 5.66. The summed E-state index contributed by atoms with van der Waals surface area (Å²) in [6.07, 6.45) is -3.59. The number of hydrogen-bond donors (Lipinski definition) is 1. The molecule has 1 amide bonds. The van der Waals surface area contributed by atoms with E-state index in [0.29, 0.717) is 18.2 Å². The van der Waals surface area contributed by atoms with Gasteiger partial charge in [-0.3, -0.25) is 4.79 Å². The number of carbonyl (C=O) groups excluding carboxylic acids is 1. The molecule has 5 nitrogen and oxygen atoms in total. The number of nitrogens with zero attached hydrogens (tertiary/aromatic N) is 3. The molecule has 0 radical (unpaired) electrons. The standard InChI is InChI=1S/C17H17F4N3O2/c1-10-8-23(15(25)16(2,26)17(19,20)21)9-11-7-22-24(14(10)11)13-5-3-12(18)4-6-13/h3-7,10,26H,8-9H2,1-2H3/t10-,16+/m0/s1. The second-order valence-corrected chi connectivity index (χ2v) is 6.60. The van der Waals surface area contributed by atoms with Gasteiger partial charge in [-0.05, 0) is 31.2 Å². The zero-order valence-electron chi connectivity index (χ0n) is 14.1. The van der Waals surface area contributed by atoms with Crippen molar-refractivity contribution in [1.29, 1.82) is 0 Å². The Hall–Kier alpha value is -2.42. The molecule has 9 heteroatoms. The first kappa shape index (κ1) is 18.4. The molecule has 0 unspecified atom stereocenters. The van der Waals surface area contributed by atoms with Crippen molar-refractivity contribution < 1.29 is 27.5 Å². The third-order valence-corrected chi connectivity index (χ3v) is 4.54. The van der Waals surface area contributed by atoms with Gasteiger partial charge in [0.05, 0.1) is 17.6 Å². The maximum atomic E-state index is 13.1. The lowest BCUT2D eigenvalue weighted by Crippen LogP contribution is -2.57. The summed E-state index contributed by atoms with van der Waals surface area (Å²) >= 11 is 0. The van der Waals surface area contributed by atoms with E-state index in [0.717, 1.165) is 10.6 Å². The third kappa shape index (κ3) is 2.96. The molecule has 0 saturated heterocycles. The molecule has 0 bridgehead atoms. The predicted octanol–water partition coefficient (Wildman–Crippen LogP) is 2.77. The molecule has 2 atom stereocenters. The number of amides is 1. The lowest BCUT2D eigenvalue weighted by Gasteiger charge is -2.36. The summed E-state index contributed by atoms with van der Waals surface area (Å²) in [4.78, 5) is 13.2. The molecule has 1 aromatic heterocycles. The predicted molar refractivity (Wildman–Crippen MR) is 84.0 cm³/mol. The van der Waals surface area contributed by atoms with Crippen molar-refractivity contribution >= 4 is 5.91 Å². The molecule has 1 aliphatic heterocycles. The van der Waals surface area contributed by atoms with Gasteiger partial charge in [-0.25, -0.2) is 9.07 Å². The minimum Gasteiger partial charge on any atom is -0.373 e. The first-order valence-corrected chi connectivity index (χ1v) is 7.93. The average molecular weight is 371 g/mol. The molecular formula is C17H17F4N3O2. The van der Waals surface area contributed by atoms with Gasteiger partial charge in [-0.15, -0.1) is 0 Å². The number of aromatic nitrogens is 2. The molecule has 2 aromatic rings. The number of hydrogen-bond acceptors (Lipinski definition) is 3. The molecule has 26 heavy (non-hydrogen) atoms. The smallest absolute Gasteiger partial charge is 0.373 e. The van der Waals surface area contributed by atoms with Crippen molar-refractivity contribution in [3.8, 4) is 5.69 Å². The largest absolute Gasteiger partial charge is 0.426 e. The number of aliphatic hydroxyl groups is 1. The fourth-order valence-corrected chi connectivity index (χ4v) is 3.10. The van der Waals surface area contributed by atoms with Crippen LogP contribution in [0.2, 0.25) is 0 Å². The number of carbonyl (C=O) groups is 1. The van der Waals surface area contributed by atoms with E-state index in [-0.39, 0.29) is 19.0 Å². The van der Waals surface area contributed by atoms with Crippen molar-refractivity contribution in [2.24, 2.45) is 0 Å². The summed E-state index contributed by atoms with van der Waals surface area (Å²) in [7, 11) is 0. The topological polar surface area (TPSA) is 58.4 Å². The van der Waals surface area contributed by atoms with Crippen LogP contribution in [0.15, 0.2) is 30.5 Å². The quantitative estimate of drug-likeness (QED) is 0.826. The van der Waals surface area contributed by atoms with Gasteiger partial charge in [0.25, 0.3) is 5.91 Å². The van der Waals surface area contributed by atoms with Gasteiger partial charge in [0.1, 0.15) is 5.82 Å². The van der Waals surface area contributed by atoms with Crippen LogP contribution in [0.3, 0.4) is 0 Å².